The maximum absolute atomic E-state index is 12.0. The van der Waals surface area contributed by atoms with E-state index in [9.17, 15) is 18.0 Å². The summed E-state index contributed by atoms with van der Waals surface area (Å²) < 4.78 is 45.7. The topological polar surface area (TPSA) is 60.5 Å². The van der Waals surface area contributed by atoms with Crippen molar-refractivity contribution in [2.45, 2.75) is 12.8 Å². The lowest BCUT2D eigenvalue weighted by Crippen LogP contribution is -2.24. The molecule has 138 valence electrons. The van der Waals surface area contributed by atoms with Crippen LogP contribution in [-0.4, -0.2) is 30.4 Å². The zero-order chi connectivity index (χ0) is 18.8. The predicted octanol–water partition coefficient (Wildman–Crippen LogP) is 3.96. The van der Waals surface area contributed by atoms with Crippen molar-refractivity contribution in [3.63, 3.8) is 0 Å². The van der Waals surface area contributed by atoms with Crippen LogP contribution in [0, 0.1) is 0 Å². The smallest absolute Gasteiger partial charge is 0.422 e. The zero-order valence-corrected chi connectivity index (χ0v) is 13.7. The number of rotatable bonds is 7. The molecule has 0 aliphatic heterocycles. The Labute approximate surface area is 148 Å². The summed E-state index contributed by atoms with van der Waals surface area (Å²) in [6.07, 6.45) is -0.251. The maximum atomic E-state index is 12.0. The molecule has 0 unspecified atom stereocenters. The van der Waals surface area contributed by atoms with Gasteiger partial charge in [-0.05, 0) is 17.2 Å². The number of hydrogen-bond donors (Lipinski definition) is 1. The van der Waals surface area contributed by atoms with Crippen LogP contribution in [0.3, 0.4) is 0 Å². The number of alkyl halides is 3. The molecule has 0 bridgehead atoms. The molecule has 0 aliphatic carbocycles. The van der Waals surface area contributed by atoms with Crippen molar-refractivity contribution in [3.05, 3.63) is 65.9 Å². The molecule has 0 radical (unpaired) electrons. The number of carbonyl (C=O) groups is 1. The number of halogens is 3. The molecule has 0 saturated carbocycles. The number of hydrogen-bond acceptors (Lipinski definition) is 4. The first-order chi connectivity index (χ1) is 12.4. The quantitative estimate of drug-likeness (QED) is 0.806. The first-order valence-corrected chi connectivity index (χ1v) is 7.69. The molecule has 0 saturated heterocycles. The van der Waals surface area contributed by atoms with Gasteiger partial charge in [0.2, 0.25) is 5.88 Å². The largest absolute Gasteiger partial charge is 0.468 e. The molecule has 8 heteroatoms. The van der Waals surface area contributed by atoms with Gasteiger partial charge in [0.15, 0.2) is 6.61 Å². The van der Waals surface area contributed by atoms with E-state index >= 15 is 0 Å². The monoisotopic (exact) mass is 366 g/mol. The van der Waals surface area contributed by atoms with E-state index in [0.717, 1.165) is 5.56 Å². The van der Waals surface area contributed by atoms with Crippen LogP contribution in [-0.2, 0) is 11.3 Å². The van der Waals surface area contributed by atoms with Gasteiger partial charge in [-0.1, -0.05) is 42.5 Å². The Morgan fingerprint density at radius 1 is 1.15 bits per heavy atom. The molecule has 5 nitrogen and oxygen atoms in total. The van der Waals surface area contributed by atoms with E-state index in [-0.39, 0.29) is 19.0 Å². The molecular formula is C18H17F3N2O3. The highest BCUT2D eigenvalue weighted by Crippen LogP contribution is 2.17. The summed E-state index contributed by atoms with van der Waals surface area (Å²) >= 11 is 0. The van der Waals surface area contributed by atoms with Crippen molar-refractivity contribution < 1.29 is 27.4 Å². The van der Waals surface area contributed by atoms with Gasteiger partial charge >= 0.3 is 12.3 Å². The summed E-state index contributed by atoms with van der Waals surface area (Å²) in [7, 11) is 0. The molecule has 1 aromatic heterocycles. The van der Waals surface area contributed by atoms with Gasteiger partial charge in [-0.3, -0.25) is 0 Å². The minimum Gasteiger partial charge on any atom is -0.468 e. The Balaban J connectivity index is 1.68. The molecule has 0 aliphatic rings. The first-order valence-electron chi connectivity index (χ1n) is 7.69. The second-order valence-electron chi connectivity index (χ2n) is 5.18. The highest BCUT2D eigenvalue weighted by Gasteiger charge is 2.28. The van der Waals surface area contributed by atoms with Crippen molar-refractivity contribution in [3.8, 4) is 5.88 Å². The Hall–Kier alpha value is -3.03. The standard InChI is InChI=1S/C18H17F3N2O3/c19-18(20,21)13-26-16-9-8-14(11-23-16)7-4-10-22-17(24)25-12-15-5-2-1-3-6-15/h1-9,11H,10,12-13H2,(H,22,24). The molecule has 1 heterocycles. The minimum atomic E-state index is -4.40. The Bertz CT molecular complexity index is 717. The normalized spacial score (nSPS) is 11.3. The van der Waals surface area contributed by atoms with Gasteiger partial charge in [-0.2, -0.15) is 13.2 Å². The van der Waals surface area contributed by atoms with Gasteiger partial charge in [0.05, 0.1) is 0 Å². The van der Waals surface area contributed by atoms with Gasteiger partial charge in [0.25, 0.3) is 0 Å². The van der Waals surface area contributed by atoms with Crippen LogP contribution in [0.25, 0.3) is 6.08 Å². The summed E-state index contributed by atoms with van der Waals surface area (Å²) in [5, 5.41) is 2.55. The van der Waals surface area contributed by atoms with Crippen molar-refractivity contribution in [1.82, 2.24) is 10.3 Å². The predicted molar refractivity (Wildman–Crippen MR) is 89.5 cm³/mol. The van der Waals surface area contributed by atoms with Gasteiger partial charge in [0.1, 0.15) is 6.61 Å². The summed E-state index contributed by atoms with van der Waals surface area (Å²) in [5.74, 6) is -0.109. The highest BCUT2D eigenvalue weighted by atomic mass is 19.4. The third-order valence-corrected chi connectivity index (χ3v) is 3.03. The van der Waals surface area contributed by atoms with Crippen LogP contribution in [0.15, 0.2) is 54.7 Å². The molecule has 2 aromatic rings. The summed E-state index contributed by atoms with van der Waals surface area (Å²) in [4.78, 5) is 15.3. The average Bonchev–Trinajstić information content (AvgIpc) is 2.63. The van der Waals surface area contributed by atoms with Crippen molar-refractivity contribution in [2.75, 3.05) is 13.2 Å². The number of nitrogens with zero attached hydrogens (tertiary/aromatic N) is 1. The van der Waals surface area contributed by atoms with Gasteiger partial charge in [0, 0.05) is 18.8 Å². The van der Waals surface area contributed by atoms with E-state index in [0.29, 0.717) is 5.56 Å². The molecule has 1 N–H and O–H groups in total. The van der Waals surface area contributed by atoms with Gasteiger partial charge < -0.3 is 14.8 Å². The van der Waals surface area contributed by atoms with E-state index < -0.39 is 18.9 Å². The Morgan fingerprint density at radius 2 is 1.92 bits per heavy atom. The molecule has 0 spiro atoms. The number of nitrogens with one attached hydrogen (secondary N) is 1. The van der Waals surface area contributed by atoms with E-state index in [4.69, 9.17) is 4.74 Å². The fourth-order valence-corrected chi connectivity index (χ4v) is 1.84. The molecule has 1 aromatic carbocycles. The second kappa shape index (κ2) is 9.45. The third-order valence-electron chi connectivity index (χ3n) is 3.03. The lowest BCUT2D eigenvalue weighted by atomic mass is 10.2. The van der Waals surface area contributed by atoms with Crippen molar-refractivity contribution in [1.29, 1.82) is 0 Å². The lowest BCUT2D eigenvalue weighted by Gasteiger charge is -2.08. The van der Waals surface area contributed by atoms with Crippen LogP contribution < -0.4 is 10.1 Å². The Kier molecular flexibility index (Phi) is 7.02. The maximum Gasteiger partial charge on any atom is 0.422 e. The van der Waals surface area contributed by atoms with E-state index in [1.54, 1.807) is 18.2 Å². The zero-order valence-electron chi connectivity index (χ0n) is 13.7. The molecule has 2 rings (SSSR count). The minimum absolute atomic E-state index is 0.109. The molecular weight excluding hydrogens is 349 g/mol. The van der Waals surface area contributed by atoms with Crippen LogP contribution >= 0.6 is 0 Å². The molecule has 0 atom stereocenters. The number of pyridine rings is 1. The first kappa shape index (κ1) is 19.3. The van der Waals surface area contributed by atoms with Crippen LogP contribution in [0.5, 0.6) is 5.88 Å². The molecule has 1 amide bonds. The molecule has 0 fully saturated rings. The number of alkyl carbamates (subject to hydrolysis) is 1. The van der Waals surface area contributed by atoms with Crippen molar-refractivity contribution >= 4 is 12.2 Å². The SMILES string of the molecule is O=C(NCC=Cc1ccc(OCC(F)(F)F)nc1)OCc1ccccc1. The fraction of sp³-hybridized carbons (Fsp3) is 0.222. The Morgan fingerprint density at radius 3 is 2.58 bits per heavy atom. The summed E-state index contributed by atoms with van der Waals surface area (Å²) in [6, 6.07) is 12.2. The van der Waals surface area contributed by atoms with E-state index in [2.05, 4.69) is 15.0 Å². The number of benzene rings is 1. The highest BCUT2D eigenvalue weighted by molar-refractivity contribution is 5.67. The average molecular weight is 366 g/mol. The van der Waals surface area contributed by atoms with Crippen molar-refractivity contribution in [2.24, 2.45) is 0 Å². The van der Waals surface area contributed by atoms with Crippen LogP contribution in [0.1, 0.15) is 11.1 Å². The van der Waals surface area contributed by atoms with Gasteiger partial charge in [-0.15, -0.1) is 0 Å². The number of aromatic nitrogens is 1. The molecule has 26 heavy (non-hydrogen) atoms. The summed E-state index contributed by atoms with van der Waals surface area (Å²) in [6.45, 7) is -0.968. The lowest BCUT2D eigenvalue weighted by molar-refractivity contribution is -0.154. The van der Waals surface area contributed by atoms with Crippen LogP contribution in [0.2, 0.25) is 0 Å². The second-order valence-corrected chi connectivity index (χ2v) is 5.18. The number of ether oxygens (including phenoxy) is 2. The van der Waals surface area contributed by atoms with E-state index in [1.807, 2.05) is 30.3 Å². The third kappa shape index (κ3) is 7.69. The van der Waals surface area contributed by atoms with Crippen LogP contribution in [0.4, 0.5) is 18.0 Å². The van der Waals surface area contributed by atoms with Gasteiger partial charge in [-0.25, -0.2) is 9.78 Å². The fourth-order valence-electron chi connectivity index (χ4n) is 1.84. The summed E-state index contributed by atoms with van der Waals surface area (Å²) in [5.41, 5.74) is 1.54. The van der Waals surface area contributed by atoms with E-state index in [1.165, 1.54) is 12.3 Å². The number of carbonyl (C=O) groups excluding carboxylic acids is 1. The number of amides is 1.